The van der Waals surface area contributed by atoms with E-state index in [-0.39, 0.29) is 29.2 Å². The van der Waals surface area contributed by atoms with Crippen molar-refractivity contribution in [2.45, 2.75) is 61.6 Å². The minimum atomic E-state index is -1.43. The number of nitrogens with one attached hydrogen (secondary N) is 1. The number of amidine groups is 1. The van der Waals surface area contributed by atoms with Crippen LogP contribution in [0.4, 0.5) is 0 Å². The summed E-state index contributed by atoms with van der Waals surface area (Å²) in [6.07, 6.45) is 6.52. The smallest absolute Gasteiger partial charge is 0.223 e. The molecule has 4 aliphatic rings. The second kappa shape index (κ2) is 7.94. The summed E-state index contributed by atoms with van der Waals surface area (Å²) in [6.45, 7) is 3.69. The van der Waals surface area contributed by atoms with Crippen LogP contribution in [0.1, 0.15) is 46.0 Å². The quantitative estimate of drug-likeness (QED) is 0.304. The van der Waals surface area contributed by atoms with E-state index in [0.29, 0.717) is 22.4 Å². The number of hydrogen-bond acceptors (Lipinski definition) is 5. The van der Waals surface area contributed by atoms with Gasteiger partial charge in [0.15, 0.2) is 6.19 Å². The van der Waals surface area contributed by atoms with Crippen LogP contribution in [-0.2, 0) is 15.6 Å². The molecule has 0 radical (unpaired) electrons. The number of nitrogens with zero attached hydrogens (tertiary/aromatic N) is 2. The first-order chi connectivity index (χ1) is 14.7. The topological polar surface area (TPSA) is 118 Å². The van der Waals surface area contributed by atoms with Crippen molar-refractivity contribution in [1.82, 2.24) is 5.32 Å². The first-order valence-corrected chi connectivity index (χ1v) is 11.9. The first-order valence-electron chi connectivity index (χ1n) is 10.8. The molecule has 4 fully saturated rings. The van der Waals surface area contributed by atoms with Crippen molar-refractivity contribution >= 4 is 22.5 Å². The van der Waals surface area contributed by atoms with Gasteiger partial charge in [-0.15, -0.1) is 0 Å². The standard InChI is InChI=1S/C23H30N4O3S/c1-22(2,31(29)18-6-4-17(30-3)5-7-18)21(26-13-24)27-19-15-8-14-9-16(19)12-23(10-14,11-15)20(25)28/h4-7,14-16,19H,8-12H2,1-3H3,(H2,25,28)(H,26,27). The van der Waals surface area contributed by atoms with Crippen LogP contribution < -0.4 is 15.8 Å². The molecule has 3 unspecified atom stereocenters. The van der Waals surface area contributed by atoms with Crippen LogP contribution in [0.15, 0.2) is 34.2 Å². The molecule has 0 aromatic heterocycles. The molecule has 7 nitrogen and oxygen atoms in total. The zero-order valence-corrected chi connectivity index (χ0v) is 19.1. The van der Waals surface area contributed by atoms with Crippen LogP contribution >= 0.6 is 0 Å². The van der Waals surface area contributed by atoms with Gasteiger partial charge in [0, 0.05) is 10.3 Å². The van der Waals surface area contributed by atoms with Gasteiger partial charge in [-0.05, 0) is 88.0 Å². The van der Waals surface area contributed by atoms with E-state index in [1.54, 1.807) is 31.4 Å². The summed E-state index contributed by atoms with van der Waals surface area (Å²) in [5.41, 5.74) is 5.42. The lowest BCUT2D eigenvalue weighted by Crippen LogP contribution is -2.58. The lowest BCUT2D eigenvalue weighted by molar-refractivity contribution is -0.144. The van der Waals surface area contributed by atoms with E-state index >= 15 is 0 Å². The van der Waals surface area contributed by atoms with Crippen LogP contribution in [0.25, 0.3) is 0 Å². The largest absolute Gasteiger partial charge is 0.497 e. The highest BCUT2D eigenvalue weighted by atomic mass is 32.2. The van der Waals surface area contributed by atoms with Gasteiger partial charge in [0.05, 0.1) is 24.0 Å². The molecule has 166 valence electrons. The number of carbonyl (C=O) groups excluding carboxylic acids is 1. The van der Waals surface area contributed by atoms with E-state index in [2.05, 4.69) is 5.32 Å². The predicted molar refractivity (Wildman–Crippen MR) is 119 cm³/mol. The molecule has 0 spiro atoms. The molecule has 31 heavy (non-hydrogen) atoms. The summed E-state index contributed by atoms with van der Waals surface area (Å²) in [6, 6.07) is 7.13. The number of carbonyl (C=O) groups is 1. The Labute approximate surface area is 185 Å². The van der Waals surface area contributed by atoms with Gasteiger partial charge in [-0.2, -0.15) is 5.26 Å². The molecule has 3 N–H and O–H groups in total. The summed E-state index contributed by atoms with van der Waals surface area (Å²) < 4.78 is 17.7. The maximum Gasteiger partial charge on any atom is 0.223 e. The minimum absolute atomic E-state index is 0.0204. The first kappa shape index (κ1) is 21.8. The molecule has 4 saturated carbocycles. The Kier molecular flexibility index (Phi) is 5.59. The number of ether oxygens (including phenoxy) is 1. The lowest BCUT2D eigenvalue weighted by Gasteiger charge is -2.57. The summed E-state index contributed by atoms with van der Waals surface area (Å²) in [7, 11) is 0.154. The number of aliphatic imine (C=N–C) groups is 1. The van der Waals surface area contributed by atoms with Crippen LogP contribution in [0.3, 0.4) is 0 Å². The van der Waals surface area contributed by atoms with Crippen LogP contribution in [0.2, 0.25) is 0 Å². The average Bonchev–Trinajstić information content (AvgIpc) is 2.74. The van der Waals surface area contributed by atoms with E-state index in [1.807, 2.05) is 20.0 Å². The normalized spacial score (nSPS) is 32.9. The van der Waals surface area contributed by atoms with E-state index in [9.17, 15) is 14.3 Å². The monoisotopic (exact) mass is 442 g/mol. The van der Waals surface area contributed by atoms with Crippen molar-refractivity contribution < 1.29 is 13.7 Å². The maximum absolute atomic E-state index is 13.4. The van der Waals surface area contributed by atoms with Gasteiger partial charge in [-0.3, -0.25) is 19.3 Å². The van der Waals surface area contributed by atoms with E-state index < -0.39 is 15.5 Å². The summed E-state index contributed by atoms with van der Waals surface area (Å²) >= 11 is 0. The lowest BCUT2D eigenvalue weighted by atomic mass is 9.48. The maximum atomic E-state index is 13.4. The molecule has 0 saturated heterocycles. The Balaban J connectivity index is 1.63. The van der Waals surface area contributed by atoms with Crippen molar-refractivity contribution in [2.75, 3.05) is 7.11 Å². The SMILES string of the molecule is COc1ccc(S(=O)C(C)(C)C(=NC2C3CC4CC2CC(C(N)=O)(C4)C3)NC#N)cc1. The van der Waals surface area contributed by atoms with Gasteiger partial charge >= 0.3 is 0 Å². The van der Waals surface area contributed by atoms with Gasteiger partial charge in [0.2, 0.25) is 5.91 Å². The molecule has 1 aromatic carbocycles. The Morgan fingerprint density at radius 2 is 1.87 bits per heavy atom. The van der Waals surface area contributed by atoms with Crippen molar-refractivity contribution in [1.29, 1.82) is 5.26 Å². The fourth-order valence-corrected chi connectivity index (χ4v) is 7.38. The number of amides is 1. The molecule has 8 heteroatoms. The van der Waals surface area contributed by atoms with Gasteiger partial charge in [0.1, 0.15) is 16.3 Å². The highest BCUT2D eigenvalue weighted by molar-refractivity contribution is 7.87. The van der Waals surface area contributed by atoms with E-state index in [1.165, 1.54) is 0 Å². The number of hydrogen-bond donors (Lipinski definition) is 2. The average molecular weight is 443 g/mol. The number of nitriles is 1. The molecule has 4 bridgehead atoms. The number of benzene rings is 1. The number of rotatable bonds is 6. The van der Waals surface area contributed by atoms with Gasteiger partial charge in [-0.25, -0.2) is 0 Å². The van der Waals surface area contributed by atoms with Crippen molar-refractivity contribution in [2.24, 2.45) is 33.9 Å². The van der Waals surface area contributed by atoms with Gasteiger partial charge < -0.3 is 10.5 Å². The van der Waals surface area contributed by atoms with Gasteiger partial charge in [-0.1, -0.05) is 0 Å². The Bertz CT molecular complexity index is 950. The second-order valence-electron chi connectivity index (χ2n) is 9.77. The summed E-state index contributed by atoms with van der Waals surface area (Å²) in [5, 5.41) is 12.1. The predicted octanol–water partition coefficient (Wildman–Crippen LogP) is 2.73. The molecular formula is C23H30N4O3S. The number of nitrogens with two attached hydrogens (primary N) is 1. The molecule has 3 atom stereocenters. The molecule has 1 aromatic rings. The molecule has 0 heterocycles. The molecule has 0 aliphatic heterocycles. The minimum Gasteiger partial charge on any atom is -0.497 e. The number of primary amides is 1. The summed E-state index contributed by atoms with van der Waals surface area (Å²) in [5.74, 6) is 2.05. The fourth-order valence-electron chi connectivity index (χ4n) is 6.13. The molecule has 1 amide bonds. The van der Waals surface area contributed by atoms with E-state index in [4.69, 9.17) is 15.5 Å². The van der Waals surface area contributed by atoms with Crippen LogP contribution in [0.5, 0.6) is 5.75 Å². The van der Waals surface area contributed by atoms with Crippen molar-refractivity contribution in [3.8, 4) is 11.9 Å². The third-order valence-electron chi connectivity index (χ3n) is 7.51. The molecular weight excluding hydrogens is 412 g/mol. The highest BCUT2D eigenvalue weighted by Gasteiger charge is 2.58. The Hall–Kier alpha value is -2.40. The zero-order valence-electron chi connectivity index (χ0n) is 18.3. The Morgan fingerprint density at radius 3 is 2.39 bits per heavy atom. The Morgan fingerprint density at radius 1 is 1.26 bits per heavy atom. The van der Waals surface area contributed by atoms with Crippen molar-refractivity contribution in [3.05, 3.63) is 24.3 Å². The molecule has 4 aliphatic carbocycles. The second-order valence-corrected chi connectivity index (χ2v) is 11.8. The highest BCUT2D eigenvalue weighted by Crippen LogP contribution is 2.60. The summed E-state index contributed by atoms with van der Waals surface area (Å²) in [4.78, 5) is 17.9. The molecule has 5 rings (SSSR count). The fraction of sp³-hybridized carbons (Fsp3) is 0.609. The van der Waals surface area contributed by atoms with E-state index in [0.717, 1.165) is 32.1 Å². The van der Waals surface area contributed by atoms with Gasteiger partial charge in [0.25, 0.3) is 0 Å². The third-order valence-corrected chi connectivity index (χ3v) is 9.33. The van der Waals surface area contributed by atoms with Crippen LogP contribution in [-0.4, -0.2) is 33.9 Å². The third kappa shape index (κ3) is 3.73. The number of methoxy groups -OCH3 is 1. The van der Waals surface area contributed by atoms with Crippen LogP contribution in [0, 0.1) is 34.6 Å². The van der Waals surface area contributed by atoms with Crippen molar-refractivity contribution in [3.63, 3.8) is 0 Å². The zero-order chi connectivity index (χ0) is 22.4.